The van der Waals surface area contributed by atoms with Crippen molar-refractivity contribution in [2.24, 2.45) is 5.41 Å². The van der Waals surface area contributed by atoms with E-state index < -0.39 is 28.9 Å². The van der Waals surface area contributed by atoms with Crippen LogP contribution in [0.15, 0.2) is 48.5 Å². The van der Waals surface area contributed by atoms with Gasteiger partial charge in [-0.05, 0) is 48.9 Å². The van der Waals surface area contributed by atoms with Crippen LogP contribution >= 0.6 is 0 Å². The Balaban J connectivity index is 1.36. The molecule has 0 aliphatic heterocycles. The van der Waals surface area contributed by atoms with Gasteiger partial charge in [-0.25, -0.2) is 4.79 Å². The van der Waals surface area contributed by atoms with Gasteiger partial charge < -0.3 is 20.5 Å². The third kappa shape index (κ3) is 4.00. The summed E-state index contributed by atoms with van der Waals surface area (Å²) < 4.78 is 5.50. The molecule has 2 aliphatic rings. The molecule has 0 unspecified atom stereocenters. The van der Waals surface area contributed by atoms with E-state index in [-0.39, 0.29) is 19.1 Å². The van der Waals surface area contributed by atoms with Crippen LogP contribution in [0, 0.1) is 5.41 Å². The SMILES string of the molecule is CC(C)(NC(=O)OCC1c2ccccc2-c2ccccc21)C(=O)NCC1(C(=O)O)CC1. The van der Waals surface area contributed by atoms with Gasteiger partial charge >= 0.3 is 12.1 Å². The third-order valence-corrected chi connectivity index (χ3v) is 6.22. The first-order valence-corrected chi connectivity index (χ1v) is 10.4. The molecule has 2 amide bonds. The second kappa shape index (κ2) is 7.72. The van der Waals surface area contributed by atoms with Crippen molar-refractivity contribution in [3.63, 3.8) is 0 Å². The quantitative estimate of drug-likeness (QED) is 0.635. The zero-order valence-electron chi connectivity index (χ0n) is 17.6. The Labute approximate surface area is 180 Å². The molecule has 2 aliphatic carbocycles. The summed E-state index contributed by atoms with van der Waals surface area (Å²) in [5.74, 6) is -1.43. The lowest BCUT2D eigenvalue weighted by Crippen LogP contribution is -2.56. The van der Waals surface area contributed by atoms with Crippen molar-refractivity contribution >= 4 is 18.0 Å². The Kier molecular flexibility index (Phi) is 5.21. The van der Waals surface area contributed by atoms with Crippen LogP contribution in [-0.4, -0.2) is 41.8 Å². The smallest absolute Gasteiger partial charge is 0.408 e. The van der Waals surface area contributed by atoms with E-state index in [0.29, 0.717) is 12.8 Å². The Bertz CT molecular complexity index is 996. The number of hydrogen-bond acceptors (Lipinski definition) is 4. The molecule has 0 atom stereocenters. The number of fused-ring (bicyclic) bond motifs is 3. The first kappa shape index (κ1) is 20.9. The lowest BCUT2D eigenvalue weighted by molar-refractivity contribution is -0.143. The summed E-state index contributed by atoms with van der Waals surface area (Å²) in [6.45, 7) is 3.32. The number of carbonyl (C=O) groups excluding carboxylic acids is 2. The van der Waals surface area contributed by atoms with Gasteiger partial charge in [0.25, 0.3) is 0 Å². The minimum absolute atomic E-state index is 0.0525. The standard InChI is InChI=1S/C24H26N2O5/c1-23(2,20(27)25-14-24(11-12-24)21(28)29)26-22(30)31-13-19-17-9-5-3-7-15(17)16-8-4-6-10-18(16)19/h3-10,19H,11-14H2,1-2H3,(H,25,27)(H,26,30)(H,28,29). The van der Waals surface area contributed by atoms with E-state index in [1.54, 1.807) is 13.8 Å². The van der Waals surface area contributed by atoms with Crippen molar-refractivity contribution in [1.29, 1.82) is 0 Å². The summed E-state index contributed by atoms with van der Waals surface area (Å²) in [7, 11) is 0. The molecule has 0 radical (unpaired) electrons. The molecule has 1 fully saturated rings. The monoisotopic (exact) mass is 422 g/mol. The molecule has 162 valence electrons. The van der Waals surface area contributed by atoms with Crippen LogP contribution in [0.5, 0.6) is 0 Å². The number of alkyl carbamates (subject to hydrolysis) is 1. The molecule has 7 heteroatoms. The van der Waals surface area contributed by atoms with Crippen molar-refractivity contribution in [1.82, 2.24) is 10.6 Å². The van der Waals surface area contributed by atoms with Crippen LogP contribution < -0.4 is 10.6 Å². The topological polar surface area (TPSA) is 105 Å². The van der Waals surface area contributed by atoms with Gasteiger partial charge in [-0.1, -0.05) is 48.5 Å². The van der Waals surface area contributed by atoms with E-state index in [4.69, 9.17) is 4.74 Å². The fraction of sp³-hybridized carbons (Fsp3) is 0.375. The van der Waals surface area contributed by atoms with Gasteiger partial charge in [0.05, 0.1) is 5.41 Å². The summed E-state index contributed by atoms with van der Waals surface area (Å²) >= 11 is 0. The zero-order valence-corrected chi connectivity index (χ0v) is 17.6. The van der Waals surface area contributed by atoms with Crippen LogP contribution in [0.3, 0.4) is 0 Å². The number of carboxylic acid groups (broad SMARTS) is 1. The highest BCUT2D eigenvalue weighted by atomic mass is 16.5. The van der Waals surface area contributed by atoms with E-state index in [9.17, 15) is 19.5 Å². The number of hydrogen-bond donors (Lipinski definition) is 3. The van der Waals surface area contributed by atoms with Gasteiger partial charge in [-0.2, -0.15) is 0 Å². The van der Waals surface area contributed by atoms with Crippen molar-refractivity contribution in [2.75, 3.05) is 13.2 Å². The van der Waals surface area contributed by atoms with Crippen molar-refractivity contribution in [2.45, 2.75) is 38.1 Å². The molecule has 4 rings (SSSR count). The number of nitrogens with one attached hydrogen (secondary N) is 2. The van der Waals surface area contributed by atoms with Crippen molar-refractivity contribution in [3.8, 4) is 11.1 Å². The fourth-order valence-corrected chi connectivity index (χ4v) is 4.03. The maximum atomic E-state index is 12.5. The summed E-state index contributed by atoms with van der Waals surface area (Å²) in [5.41, 5.74) is 2.39. The average molecular weight is 422 g/mol. The lowest BCUT2D eigenvalue weighted by Gasteiger charge is -2.26. The second-order valence-corrected chi connectivity index (χ2v) is 8.84. The van der Waals surface area contributed by atoms with Crippen LogP contribution in [0.25, 0.3) is 11.1 Å². The fourth-order valence-electron chi connectivity index (χ4n) is 4.03. The normalized spacial score (nSPS) is 16.1. The predicted octanol–water partition coefficient (Wildman–Crippen LogP) is 3.28. The van der Waals surface area contributed by atoms with Gasteiger partial charge in [0.1, 0.15) is 12.1 Å². The van der Waals surface area contributed by atoms with Gasteiger partial charge in [-0.3, -0.25) is 9.59 Å². The highest BCUT2D eigenvalue weighted by Gasteiger charge is 2.50. The van der Waals surface area contributed by atoms with E-state index in [0.717, 1.165) is 22.3 Å². The summed E-state index contributed by atoms with van der Waals surface area (Å²) in [6.07, 6.45) is 0.396. The Hall–Kier alpha value is -3.35. The maximum absolute atomic E-state index is 12.5. The molecule has 31 heavy (non-hydrogen) atoms. The number of aliphatic carboxylic acids is 1. The Morgan fingerprint density at radius 2 is 1.58 bits per heavy atom. The first-order chi connectivity index (χ1) is 14.7. The average Bonchev–Trinajstić information content (AvgIpc) is 3.47. The molecule has 0 heterocycles. The van der Waals surface area contributed by atoms with Gasteiger partial charge in [-0.15, -0.1) is 0 Å². The highest BCUT2D eigenvalue weighted by molar-refractivity contribution is 5.90. The molecule has 0 saturated heterocycles. The Morgan fingerprint density at radius 1 is 1.03 bits per heavy atom. The van der Waals surface area contributed by atoms with E-state index >= 15 is 0 Å². The number of benzene rings is 2. The summed E-state index contributed by atoms with van der Waals surface area (Å²) in [5, 5.41) is 14.5. The Morgan fingerprint density at radius 3 is 2.10 bits per heavy atom. The lowest BCUT2D eigenvalue weighted by atomic mass is 9.98. The number of amides is 2. The predicted molar refractivity (Wildman–Crippen MR) is 115 cm³/mol. The molecule has 2 aromatic rings. The molecule has 7 nitrogen and oxygen atoms in total. The number of carbonyl (C=O) groups is 3. The highest BCUT2D eigenvalue weighted by Crippen LogP contribution is 2.45. The number of rotatable bonds is 7. The number of ether oxygens (including phenoxy) is 1. The molecule has 0 spiro atoms. The second-order valence-electron chi connectivity index (χ2n) is 8.84. The summed E-state index contributed by atoms with van der Waals surface area (Å²) in [6, 6.07) is 16.1. The minimum atomic E-state index is -1.24. The van der Waals surface area contributed by atoms with E-state index in [1.165, 1.54) is 0 Å². The van der Waals surface area contributed by atoms with Crippen LogP contribution in [0.2, 0.25) is 0 Å². The first-order valence-electron chi connectivity index (χ1n) is 10.4. The molecule has 0 bridgehead atoms. The van der Waals surface area contributed by atoms with Gasteiger partial charge in [0, 0.05) is 12.5 Å². The molecule has 2 aromatic carbocycles. The van der Waals surface area contributed by atoms with Crippen LogP contribution in [0.4, 0.5) is 4.79 Å². The molecular formula is C24H26N2O5. The van der Waals surface area contributed by atoms with Gasteiger partial charge in [0.15, 0.2) is 0 Å². The molecule has 0 aromatic heterocycles. The zero-order chi connectivity index (χ0) is 22.2. The van der Waals surface area contributed by atoms with E-state index in [2.05, 4.69) is 22.8 Å². The van der Waals surface area contributed by atoms with Crippen molar-refractivity contribution < 1.29 is 24.2 Å². The minimum Gasteiger partial charge on any atom is -0.481 e. The van der Waals surface area contributed by atoms with Gasteiger partial charge in [0.2, 0.25) is 5.91 Å². The van der Waals surface area contributed by atoms with Crippen LogP contribution in [0.1, 0.15) is 43.7 Å². The molecule has 3 N–H and O–H groups in total. The maximum Gasteiger partial charge on any atom is 0.408 e. The number of carboxylic acids is 1. The third-order valence-electron chi connectivity index (χ3n) is 6.22. The summed E-state index contributed by atoms with van der Waals surface area (Å²) in [4.78, 5) is 36.2. The van der Waals surface area contributed by atoms with Crippen LogP contribution in [-0.2, 0) is 14.3 Å². The molecular weight excluding hydrogens is 396 g/mol. The largest absolute Gasteiger partial charge is 0.481 e. The van der Waals surface area contributed by atoms with E-state index in [1.807, 2.05) is 36.4 Å². The molecule has 1 saturated carbocycles. The van der Waals surface area contributed by atoms with Crippen molar-refractivity contribution in [3.05, 3.63) is 59.7 Å².